The summed E-state index contributed by atoms with van der Waals surface area (Å²) in [7, 11) is 4.02. The molecule has 0 aliphatic heterocycles. The molecule has 3 heteroatoms. The highest BCUT2D eigenvalue weighted by molar-refractivity contribution is 5.26. The number of likely N-dealkylation sites (N-methyl/N-ethyl adjacent to an activating group) is 1. The molecule has 1 unspecified atom stereocenters. The molecule has 2 rings (SSSR count). The molecule has 0 aliphatic carbocycles. The van der Waals surface area contributed by atoms with E-state index in [0.717, 1.165) is 12.8 Å². The number of nitrogens with zero attached hydrogens (tertiary/aromatic N) is 2. The molecule has 0 aliphatic rings. The van der Waals surface area contributed by atoms with Crippen molar-refractivity contribution in [2.75, 3.05) is 7.05 Å². The molecule has 1 aromatic heterocycles. The van der Waals surface area contributed by atoms with Crippen LogP contribution in [0.15, 0.2) is 42.7 Å². The highest BCUT2D eigenvalue weighted by Crippen LogP contribution is 2.29. The van der Waals surface area contributed by atoms with Gasteiger partial charge in [-0.2, -0.15) is 5.10 Å². The minimum absolute atomic E-state index is 0.109. The van der Waals surface area contributed by atoms with E-state index in [9.17, 15) is 0 Å². The zero-order valence-electron chi connectivity index (χ0n) is 12.9. The van der Waals surface area contributed by atoms with Gasteiger partial charge in [-0.3, -0.25) is 4.68 Å². The van der Waals surface area contributed by atoms with Gasteiger partial charge in [0.2, 0.25) is 0 Å². The standard InChI is InChI=1S/C17H25N3/c1-17(2,15-8-6-5-7-9-15)16(18-3)11-10-14-12-19-20(4)13-14/h5-9,12-13,16,18H,10-11H2,1-4H3. The lowest BCUT2D eigenvalue weighted by molar-refractivity contribution is 0.340. The van der Waals surface area contributed by atoms with Gasteiger partial charge < -0.3 is 5.32 Å². The third-order valence-corrected chi connectivity index (χ3v) is 4.22. The summed E-state index contributed by atoms with van der Waals surface area (Å²) in [6, 6.07) is 11.2. The number of hydrogen-bond donors (Lipinski definition) is 1. The van der Waals surface area contributed by atoms with E-state index in [1.54, 1.807) is 0 Å². The van der Waals surface area contributed by atoms with Crippen molar-refractivity contribution in [2.24, 2.45) is 7.05 Å². The first-order chi connectivity index (χ1) is 9.54. The number of rotatable bonds is 6. The molecule has 0 saturated carbocycles. The summed E-state index contributed by atoms with van der Waals surface area (Å²) in [4.78, 5) is 0. The quantitative estimate of drug-likeness (QED) is 0.875. The van der Waals surface area contributed by atoms with Gasteiger partial charge in [-0.25, -0.2) is 0 Å². The van der Waals surface area contributed by atoms with Crippen molar-refractivity contribution in [3.63, 3.8) is 0 Å². The highest BCUT2D eigenvalue weighted by atomic mass is 15.2. The van der Waals surface area contributed by atoms with Gasteiger partial charge in [0, 0.05) is 24.7 Å². The second-order valence-electron chi connectivity index (χ2n) is 5.99. The molecule has 108 valence electrons. The third-order valence-electron chi connectivity index (χ3n) is 4.22. The monoisotopic (exact) mass is 271 g/mol. The molecular formula is C17H25N3. The van der Waals surface area contributed by atoms with E-state index in [1.165, 1.54) is 11.1 Å². The van der Waals surface area contributed by atoms with Crippen LogP contribution in [0.2, 0.25) is 0 Å². The Labute approximate surface area is 122 Å². The van der Waals surface area contributed by atoms with Crippen LogP contribution < -0.4 is 5.32 Å². The fraction of sp³-hybridized carbons (Fsp3) is 0.471. The lowest BCUT2D eigenvalue weighted by Crippen LogP contribution is -2.43. The van der Waals surface area contributed by atoms with E-state index in [2.05, 4.69) is 67.8 Å². The first kappa shape index (κ1) is 14.8. The van der Waals surface area contributed by atoms with E-state index in [4.69, 9.17) is 0 Å². The number of hydrogen-bond acceptors (Lipinski definition) is 2. The molecule has 1 heterocycles. The van der Waals surface area contributed by atoms with Crippen molar-refractivity contribution < 1.29 is 0 Å². The fourth-order valence-corrected chi connectivity index (χ4v) is 2.85. The molecule has 0 saturated heterocycles. The number of nitrogens with one attached hydrogen (secondary N) is 1. The van der Waals surface area contributed by atoms with Gasteiger partial charge in [-0.05, 0) is 31.0 Å². The molecule has 0 fully saturated rings. The van der Waals surface area contributed by atoms with Gasteiger partial charge in [-0.1, -0.05) is 44.2 Å². The maximum Gasteiger partial charge on any atom is 0.0521 e. The molecule has 0 radical (unpaired) electrons. The Morgan fingerprint density at radius 1 is 1.25 bits per heavy atom. The molecule has 20 heavy (non-hydrogen) atoms. The maximum atomic E-state index is 4.24. The molecule has 1 atom stereocenters. The Bertz CT molecular complexity index is 528. The van der Waals surface area contributed by atoms with Crippen LogP contribution in [-0.2, 0) is 18.9 Å². The second kappa shape index (κ2) is 6.23. The van der Waals surface area contributed by atoms with E-state index < -0.39 is 0 Å². The Balaban J connectivity index is 2.07. The zero-order valence-corrected chi connectivity index (χ0v) is 12.9. The normalized spacial score (nSPS) is 13.4. The molecule has 1 aromatic carbocycles. The lowest BCUT2D eigenvalue weighted by Gasteiger charge is -2.35. The molecule has 0 bridgehead atoms. The van der Waals surface area contributed by atoms with Crippen LogP contribution in [0.5, 0.6) is 0 Å². The first-order valence-electron chi connectivity index (χ1n) is 7.24. The van der Waals surface area contributed by atoms with Crippen LogP contribution in [0.3, 0.4) is 0 Å². The molecular weight excluding hydrogens is 246 g/mol. The second-order valence-corrected chi connectivity index (χ2v) is 5.99. The minimum Gasteiger partial charge on any atom is -0.316 e. The largest absolute Gasteiger partial charge is 0.316 e. The Kier molecular flexibility index (Phi) is 4.61. The van der Waals surface area contributed by atoms with E-state index in [-0.39, 0.29) is 5.41 Å². The van der Waals surface area contributed by atoms with E-state index in [0.29, 0.717) is 6.04 Å². The zero-order chi connectivity index (χ0) is 14.6. The maximum absolute atomic E-state index is 4.24. The SMILES string of the molecule is CNC(CCc1cnn(C)c1)C(C)(C)c1ccccc1. The fourth-order valence-electron chi connectivity index (χ4n) is 2.85. The summed E-state index contributed by atoms with van der Waals surface area (Å²) in [6.07, 6.45) is 6.21. The molecule has 0 amide bonds. The van der Waals surface area contributed by atoms with E-state index in [1.807, 2.05) is 17.9 Å². The van der Waals surface area contributed by atoms with Gasteiger partial charge >= 0.3 is 0 Å². The van der Waals surface area contributed by atoms with Crippen molar-refractivity contribution in [3.05, 3.63) is 53.9 Å². The Hall–Kier alpha value is -1.61. The predicted octanol–water partition coefficient (Wildman–Crippen LogP) is 2.92. The van der Waals surface area contributed by atoms with Crippen LogP contribution in [-0.4, -0.2) is 22.9 Å². The van der Waals surface area contributed by atoms with Crippen molar-refractivity contribution in [1.29, 1.82) is 0 Å². The number of benzene rings is 1. The Morgan fingerprint density at radius 3 is 2.50 bits per heavy atom. The van der Waals surface area contributed by atoms with E-state index >= 15 is 0 Å². The van der Waals surface area contributed by atoms with Gasteiger partial charge in [0.25, 0.3) is 0 Å². The molecule has 1 N–H and O–H groups in total. The summed E-state index contributed by atoms with van der Waals surface area (Å²) in [5.41, 5.74) is 2.79. The molecule has 0 spiro atoms. The average molecular weight is 271 g/mol. The van der Waals surface area contributed by atoms with Crippen LogP contribution in [0.25, 0.3) is 0 Å². The van der Waals surface area contributed by atoms with Gasteiger partial charge in [-0.15, -0.1) is 0 Å². The lowest BCUT2D eigenvalue weighted by atomic mass is 9.76. The smallest absolute Gasteiger partial charge is 0.0521 e. The van der Waals surface area contributed by atoms with Gasteiger partial charge in [0.1, 0.15) is 0 Å². The molecule has 2 aromatic rings. The first-order valence-corrected chi connectivity index (χ1v) is 7.24. The Morgan fingerprint density at radius 2 is 1.95 bits per heavy atom. The number of aryl methyl sites for hydroxylation is 2. The predicted molar refractivity (Wildman–Crippen MR) is 83.8 cm³/mol. The van der Waals surface area contributed by atoms with Gasteiger partial charge in [0.15, 0.2) is 0 Å². The average Bonchev–Trinajstić information content (AvgIpc) is 2.86. The van der Waals surface area contributed by atoms with Crippen LogP contribution in [0, 0.1) is 0 Å². The van der Waals surface area contributed by atoms with Crippen LogP contribution in [0.4, 0.5) is 0 Å². The summed E-state index contributed by atoms with van der Waals surface area (Å²) < 4.78 is 1.87. The van der Waals surface area contributed by atoms with Gasteiger partial charge in [0.05, 0.1) is 6.20 Å². The van der Waals surface area contributed by atoms with Crippen molar-refractivity contribution in [3.8, 4) is 0 Å². The van der Waals surface area contributed by atoms with Crippen LogP contribution in [0.1, 0.15) is 31.4 Å². The van der Waals surface area contributed by atoms with Crippen molar-refractivity contribution in [1.82, 2.24) is 15.1 Å². The summed E-state index contributed by atoms with van der Waals surface area (Å²) in [5.74, 6) is 0. The summed E-state index contributed by atoms with van der Waals surface area (Å²) in [6.45, 7) is 4.62. The summed E-state index contributed by atoms with van der Waals surface area (Å²) >= 11 is 0. The van der Waals surface area contributed by atoms with Crippen LogP contribution >= 0.6 is 0 Å². The van der Waals surface area contributed by atoms with Crippen molar-refractivity contribution >= 4 is 0 Å². The highest BCUT2D eigenvalue weighted by Gasteiger charge is 2.29. The summed E-state index contributed by atoms with van der Waals surface area (Å²) in [5, 5.41) is 7.73. The number of aromatic nitrogens is 2. The minimum atomic E-state index is 0.109. The third kappa shape index (κ3) is 3.28. The topological polar surface area (TPSA) is 29.9 Å². The molecule has 3 nitrogen and oxygen atoms in total. The van der Waals surface area contributed by atoms with Crippen molar-refractivity contribution in [2.45, 2.75) is 38.1 Å².